The smallest absolute Gasteiger partial charge is 0.234 e. The van der Waals surface area contributed by atoms with Crippen LogP contribution in [-0.2, 0) is 9.59 Å². The molecule has 0 aliphatic heterocycles. The first-order chi connectivity index (χ1) is 7.89. The van der Waals surface area contributed by atoms with E-state index in [9.17, 15) is 9.59 Å². The molecule has 0 heterocycles. The molecule has 4 N–H and O–H groups in total. The van der Waals surface area contributed by atoms with Crippen LogP contribution in [0.15, 0.2) is 0 Å². The molecule has 17 heavy (non-hydrogen) atoms. The van der Waals surface area contributed by atoms with Crippen LogP contribution in [0.1, 0.15) is 46.0 Å². The zero-order valence-electron chi connectivity index (χ0n) is 10.7. The second-order valence-corrected chi connectivity index (χ2v) is 5.44. The van der Waals surface area contributed by atoms with E-state index in [1.54, 1.807) is 13.8 Å². The first-order valence-electron chi connectivity index (χ1n) is 6.22. The van der Waals surface area contributed by atoms with Gasteiger partial charge in [0.05, 0.1) is 6.54 Å². The topological polar surface area (TPSA) is 84.2 Å². The highest BCUT2D eigenvalue weighted by Gasteiger charge is 2.23. The van der Waals surface area contributed by atoms with Crippen LogP contribution in [0.5, 0.6) is 0 Å². The van der Waals surface area contributed by atoms with Crippen molar-refractivity contribution >= 4 is 11.8 Å². The highest BCUT2D eigenvalue weighted by molar-refractivity contribution is 5.81. The largest absolute Gasteiger partial charge is 0.370 e. The Balaban J connectivity index is 2.25. The fourth-order valence-electron chi connectivity index (χ4n) is 2.27. The molecule has 0 aromatic carbocycles. The van der Waals surface area contributed by atoms with Gasteiger partial charge in [-0.3, -0.25) is 9.59 Å². The monoisotopic (exact) mass is 241 g/mol. The van der Waals surface area contributed by atoms with Crippen LogP contribution in [0, 0.1) is 0 Å². The summed E-state index contributed by atoms with van der Waals surface area (Å²) in [5.41, 5.74) is 4.55. The summed E-state index contributed by atoms with van der Waals surface area (Å²) >= 11 is 0. The van der Waals surface area contributed by atoms with Crippen molar-refractivity contribution in [2.75, 3.05) is 6.54 Å². The van der Waals surface area contributed by atoms with Gasteiger partial charge in [0.2, 0.25) is 11.8 Å². The van der Waals surface area contributed by atoms with E-state index in [-0.39, 0.29) is 12.3 Å². The van der Waals surface area contributed by atoms with E-state index in [0.29, 0.717) is 12.6 Å². The first-order valence-corrected chi connectivity index (χ1v) is 6.22. The Hall–Kier alpha value is -1.10. The molecule has 5 nitrogen and oxygen atoms in total. The molecule has 0 spiro atoms. The van der Waals surface area contributed by atoms with Gasteiger partial charge in [-0.05, 0) is 26.7 Å². The predicted octanol–water partition coefficient (Wildman–Crippen LogP) is 0.289. The van der Waals surface area contributed by atoms with Gasteiger partial charge in [-0.1, -0.05) is 12.8 Å². The fraction of sp³-hybridized carbons (Fsp3) is 0.833. The maximum atomic E-state index is 11.7. The summed E-state index contributed by atoms with van der Waals surface area (Å²) in [6, 6.07) is 0.472. The standard InChI is InChI=1S/C12H23N3O2/c1-12(2,7-10(13)16)15-11(17)8-14-9-5-3-4-6-9/h9,14H,3-8H2,1-2H3,(H2,13,16)(H,15,17). The van der Waals surface area contributed by atoms with E-state index >= 15 is 0 Å². The Morgan fingerprint density at radius 2 is 1.88 bits per heavy atom. The van der Waals surface area contributed by atoms with Crippen LogP contribution < -0.4 is 16.4 Å². The number of nitrogens with one attached hydrogen (secondary N) is 2. The highest BCUT2D eigenvalue weighted by atomic mass is 16.2. The van der Waals surface area contributed by atoms with E-state index in [4.69, 9.17) is 5.73 Å². The van der Waals surface area contributed by atoms with Gasteiger partial charge in [0.1, 0.15) is 0 Å². The molecule has 0 aromatic heterocycles. The molecule has 5 heteroatoms. The number of hydrogen-bond donors (Lipinski definition) is 3. The number of rotatable bonds is 6. The van der Waals surface area contributed by atoms with Gasteiger partial charge < -0.3 is 16.4 Å². The minimum Gasteiger partial charge on any atom is -0.370 e. The molecule has 0 bridgehead atoms. The molecular formula is C12H23N3O2. The number of primary amides is 1. The summed E-state index contributed by atoms with van der Waals surface area (Å²) in [4.78, 5) is 22.5. The maximum Gasteiger partial charge on any atom is 0.234 e. The van der Waals surface area contributed by atoms with Crippen LogP contribution in [0.4, 0.5) is 0 Å². The fourth-order valence-corrected chi connectivity index (χ4v) is 2.27. The number of nitrogens with two attached hydrogens (primary N) is 1. The quantitative estimate of drug-likeness (QED) is 0.625. The van der Waals surface area contributed by atoms with Gasteiger partial charge in [0.25, 0.3) is 0 Å². The zero-order chi connectivity index (χ0) is 12.9. The highest BCUT2D eigenvalue weighted by Crippen LogP contribution is 2.17. The Morgan fingerprint density at radius 3 is 2.41 bits per heavy atom. The van der Waals surface area contributed by atoms with Crippen molar-refractivity contribution in [1.82, 2.24) is 10.6 Å². The van der Waals surface area contributed by atoms with Crippen LogP contribution in [0.25, 0.3) is 0 Å². The van der Waals surface area contributed by atoms with Crippen LogP contribution in [0.3, 0.4) is 0 Å². The molecule has 0 unspecified atom stereocenters. The molecule has 0 saturated heterocycles. The van der Waals surface area contributed by atoms with Crippen molar-refractivity contribution in [3.05, 3.63) is 0 Å². The molecule has 1 aliphatic rings. The SMILES string of the molecule is CC(C)(CC(N)=O)NC(=O)CNC1CCCC1. The molecule has 2 amide bonds. The lowest BCUT2D eigenvalue weighted by atomic mass is 10.0. The van der Waals surface area contributed by atoms with Crippen LogP contribution in [0.2, 0.25) is 0 Å². The van der Waals surface area contributed by atoms with Crippen LogP contribution >= 0.6 is 0 Å². The Morgan fingerprint density at radius 1 is 1.29 bits per heavy atom. The average Bonchev–Trinajstić information content (AvgIpc) is 2.63. The summed E-state index contributed by atoms with van der Waals surface area (Å²) in [6.07, 6.45) is 4.94. The second-order valence-electron chi connectivity index (χ2n) is 5.44. The molecule has 1 aliphatic carbocycles. The Kier molecular flexibility index (Phi) is 4.93. The number of carbonyl (C=O) groups is 2. The minimum atomic E-state index is -0.569. The van der Waals surface area contributed by atoms with Crippen molar-refractivity contribution in [3.8, 4) is 0 Å². The summed E-state index contributed by atoms with van der Waals surface area (Å²) in [5, 5.41) is 6.04. The third-order valence-corrected chi connectivity index (χ3v) is 3.00. The molecule has 1 saturated carbocycles. The van der Waals surface area contributed by atoms with Crippen molar-refractivity contribution in [2.24, 2.45) is 5.73 Å². The lowest BCUT2D eigenvalue weighted by Gasteiger charge is -2.25. The van der Waals surface area contributed by atoms with Crippen molar-refractivity contribution < 1.29 is 9.59 Å². The number of carbonyl (C=O) groups excluding carboxylic acids is 2. The van der Waals surface area contributed by atoms with E-state index in [1.807, 2.05) is 0 Å². The molecule has 0 radical (unpaired) electrons. The molecule has 0 atom stereocenters. The molecule has 1 rings (SSSR count). The maximum absolute atomic E-state index is 11.7. The molecule has 0 aromatic rings. The third kappa shape index (κ3) is 5.68. The predicted molar refractivity (Wildman–Crippen MR) is 66.3 cm³/mol. The zero-order valence-corrected chi connectivity index (χ0v) is 10.7. The van der Waals surface area contributed by atoms with Crippen LogP contribution in [-0.4, -0.2) is 29.9 Å². The number of hydrogen-bond acceptors (Lipinski definition) is 3. The Bertz CT molecular complexity index is 283. The van der Waals surface area contributed by atoms with Gasteiger partial charge in [0, 0.05) is 18.0 Å². The van der Waals surface area contributed by atoms with E-state index in [2.05, 4.69) is 10.6 Å². The van der Waals surface area contributed by atoms with Crippen molar-refractivity contribution in [3.63, 3.8) is 0 Å². The van der Waals surface area contributed by atoms with E-state index < -0.39 is 11.4 Å². The Labute approximate surface area is 103 Å². The normalized spacial score (nSPS) is 17.1. The van der Waals surface area contributed by atoms with Gasteiger partial charge in [-0.15, -0.1) is 0 Å². The molecular weight excluding hydrogens is 218 g/mol. The third-order valence-electron chi connectivity index (χ3n) is 3.00. The first kappa shape index (κ1) is 14.0. The summed E-state index contributed by atoms with van der Waals surface area (Å²) in [7, 11) is 0. The van der Waals surface area contributed by atoms with Crippen molar-refractivity contribution in [2.45, 2.75) is 57.5 Å². The van der Waals surface area contributed by atoms with Gasteiger partial charge >= 0.3 is 0 Å². The van der Waals surface area contributed by atoms with Crippen molar-refractivity contribution in [1.29, 1.82) is 0 Å². The summed E-state index contributed by atoms with van der Waals surface area (Å²) in [5.74, 6) is -0.484. The van der Waals surface area contributed by atoms with E-state index in [0.717, 1.165) is 12.8 Å². The lowest BCUT2D eigenvalue weighted by Crippen LogP contribution is -2.49. The minimum absolute atomic E-state index is 0.0804. The average molecular weight is 241 g/mol. The molecule has 1 fully saturated rings. The van der Waals surface area contributed by atoms with Gasteiger partial charge in [-0.2, -0.15) is 0 Å². The van der Waals surface area contributed by atoms with E-state index in [1.165, 1.54) is 12.8 Å². The van der Waals surface area contributed by atoms with Gasteiger partial charge in [-0.25, -0.2) is 0 Å². The summed E-state index contributed by atoms with van der Waals surface area (Å²) < 4.78 is 0. The lowest BCUT2D eigenvalue weighted by molar-refractivity contribution is -0.123. The number of amides is 2. The molecule has 98 valence electrons. The second kappa shape index (κ2) is 6.00. The summed E-state index contributed by atoms with van der Waals surface area (Å²) in [6.45, 7) is 3.91. The van der Waals surface area contributed by atoms with Gasteiger partial charge in [0.15, 0.2) is 0 Å².